The van der Waals surface area contributed by atoms with Gasteiger partial charge in [0.25, 0.3) is 0 Å². The van der Waals surface area contributed by atoms with Crippen molar-refractivity contribution in [2.75, 3.05) is 26.2 Å². The molecule has 4 heteroatoms. The van der Waals surface area contributed by atoms with Gasteiger partial charge < -0.3 is 4.90 Å². The van der Waals surface area contributed by atoms with Crippen LogP contribution in [0.4, 0.5) is 0 Å². The molecule has 1 aromatic heterocycles. The lowest BCUT2D eigenvalue weighted by molar-refractivity contribution is -0.130. The van der Waals surface area contributed by atoms with Crippen LogP contribution in [0.1, 0.15) is 57.9 Å². The first kappa shape index (κ1) is 19.3. The molecule has 2 aliphatic heterocycles. The summed E-state index contributed by atoms with van der Waals surface area (Å²) in [5.74, 6) is 2.62. The standard InChI is InChI=1S/C22H35N3O/c1-18(2)5-3-7-22(26)25-14-10-21(17-25)20-8-12-24(13-9-20)16-19-6-4-11-23-15-19/h4,6,11,15,18,20-21H,3,5,7-10,12-14,16-17H2,1-2H3. The molecular formula is C22H35N3O. The summed E-state index contributed by atoms with van der Waals surface area (Å²) in [7, 11) is 0. The summed E-state index contributed by atoms with van der Waals surface area (Å²) in [5, 5.41) is 0. The largest absolute Gasteiger partial charge is 0.342 e. The molecule has 0 saturated carbocycles. The Hall–Kier alpha value is -1.42. The molecule has 0 aromatic carbocycles. The summed E-state index contributed by atoms with van der Waals surface area (Å²) in [6.45, 7) is 9.84. The Morgan fingerprint density at radius 2 is 1.96 bits per heavy atom. The maximum absolute atomic E-state index is 12.4. The van der Waals surface area contributed by atoms with Crippen molar-refractivity contribution < 1.29 is 4.79 Å². The van der Waals surface area contributed by atoms with Gasteiger partial charge in [-0.15, -0.1) is 0 Å². The molecule has 4 nitrogen and oxygen atoms in total. The Morgan fingerprint density at radius 3 is 2.65 bits per heavy atom. The number of hydrogen-bond donors (Lipinski definition) is 0. The Labute approximate surface area is 159 Å². The molecule has 1 atom stereocenters. The van der Waals surface area contributed by atoms with Gasteiger partial charge in [0.15, 0.2) is 0 Å². The summed E-state index contributed by atoms with van der Waals surface area (Å²) < 4.78 is 0. The van der Waals surface area contributed by atoms with Crippen molar-refractivity contribution in [1.29, 1.82) is 0 Å². The Kier molecular flexibility index (Phi) is 7.07. The fourth-order valence-corrected chi connectivity index (χ4v) is 4.55. The molecular weight excluding hydrogens is 322 g/mol. The van der Waals surface area contributed by atoms with E-state index in [4.69, 9.17) is 0 Å². The van der Waals surface area contributed by atoms with Gasteiger partial charge in [-0.05, 0) is 68.2 Å². The second kappa shape index (κ2) is 9.50. The van der Waals surface area contributed by atoms with Gasteiger partial charge in [0.05, 0.1) is 0 Å². The van der Waals surface area contributed by atoms with Crippen LogP contribution in [0.2, 0.25) is 0 Å². The quantitative estimate of drug-likeness (QED) is 0.741. The maximum Gasteiger partial charge on any atom is 0.222 e. The third-order valence-electron chi connectivity index (χ3n) is 6.18. The van der Waals surface area contributed by atoms with Crippen LogP contribution in [0, 0.1) is 17.8 Å². The summed E-state index contributed by atoms with van der Waals surface area (Å²) in [6, 6.07) is 4.19. The maximum atomic E-state index is 12.4. The molecule has 2 saturated heterocycles. The number of nitrogens with zero attached hydrogens (tertiary/aromatic N) is 3. The minimum absolute atomic E-state index is 0.391. The zero-order chi connectivity index (χ0) is 18.4. The van der Waals surface area contributed by atoms with E-state index in [2.05, 4.69) is 34.7 Å². The van der Waals surface area contributed by atoms with Crippen molar-refractivity contribution in [1.82, 2.24) is 14.8 Å². The molecule has 0 radical (unpaired) electrons. The molecule has 0 spiro atoms. The smallest absolute Gasteiger partial charge is 0.222 e. The molecule has 1 amide bonds. The zero-order valence-electron chi connectivity index (χ0n) is 16.6. The number of carbonyl (C=O) groups is 1. The second-order valence-electron chi connectivity index (χ2n) is 8.65. The fourth-order valence-electron chi connectivity index (χ4n) is 4.55. The number of rotatable bonds is 7. The molecule has 3 rings (SSSR count). The number of likely N-dealkylation sites (tertiary alicyclic amines) is 2. The van der Waals surface area contributed by atoms with E-state index < -0.39 is 0 Å². The van der Waals surface area contributed by atoms with Gasteiger partial charge in [0.1, 0.15) is 0 Å². The second-order valence-corrected chi connectivity index (χ2v) is 8.65. The van der Waals surface area contributed by atoms with E-state index in [0.29, 0.717) is 11.8 Å². The van der Waals surface area contributed by atoms with Crippen LogP contribution in [0.15, 0.2) is 24.5 Å². The van der Waals surface area contributed by atoms with Gasteiger partial charge >= 0.3 is 0 Å². The highest BCUT2D eigenvalue weighted by Gasteiger charge is 2.33. The highest BCUT2D eigenvalue weighted by Crippen LogP contribution is 2.32. The number of amides is 1. The molecule has 1 unspecified atom stereocenters. The van der Waals surface area contributed by atoms with E-state index in [0.717, 1.165) is 44.3 Å². The number of aromatic nitrogens is 1. The lowest BCUT2D eigenvalue weighted by Crippen LogP contribution is -2.37. The van der Waals surface area contributed by atoms with Gasteiger partial charge in [-0.3, -0.25) is 14.7 Å². The first-order chi connectivity index (χ1) is 12.6. The van der Waals surface area contributed by atoms with Crippen molar-refractivity contribution >= 4 is 5.91 Å². The Morgan fingerprint density at radius 1 is 1.19 bits per heavy atom. The Balaban J connectivity index is 1.38. The Bertz CT molecular complexity index is 552. The molecule has 2 fully saturated rings. The van der Waals surface area contributed by atoms with Crippen LogP contribution in [-0.4, -0.2) is 46.9 Å². The van der Waals surface area contributed by atoms with E-state index in [1.54, 1.807) is 0 Å². The lowest BCUT2D eigenvalue weighted by atomic mass is 9.83. The van der Waals surface area contributed by atoms with Crippen molar-refractivity contribution in [3.8, 4) is 0 Å². The normalized spacial score (nSPS) is 22.3. The molecule has 2 aliphatic rings. The van der Waals surface area contributed by atoms with Gasteiger partial charge in [-0.25, -0.2) is 0 Å². The average Bonchev–Trinajstić information content (AvgIpc) is 3.13. The monoisotopic (exact) mass is 357 g/mol. The SMILES string of the molecule is CC(C)CCCC(=O)N1CCC(C2CCN(Cc3cccnc3)CC2)C1. The van der Waals surface area contributed by atoms with Crippen LogP contribution in [0.25, 0.3) is 0 Å². The highest BCUT2D eigenvalue weighted by molar-refractivity contribution is 5.76. The molecule has 144 valence electrons. The zero-order valence-corrected chi connectivity index (χ0v) is 16.6. The predicted molar refractivity (Wildman–Crippen MR) is 106 cm³/mol. The molecule has 3 heterocycles. The van der Waals surface area contributed by atoms with E-state index in [9.17, 15) is 4.79 Å². The van der Waals surface area contributed by atoms with E-state index in [1.165, 1.54) is 44.3 Å². The summed E-state index contributed by atoms with van der Waals surface area (Å²) in [5.41, 5.74) is 1.31. The third kappa shape index (κ3) is 5.54. The molecule has 1 aromatic rings. The van der Waals surface area contributed by atoms with Crippen LogP contribution >= 0.6 is 0 Å². The van der Waals surface area contributed by atoms with Crippen molar-refractivity contribution in [3.05, 3.63) is 30.1 Å². The first-order valence-electron chi connectivity index (χ1n) is 10.5. The van der Waals surface area contributed by atoms with Crippen molar-refractivity contribution in [2.24, 2.45) is 17.8 Å². The third-order valence-corrected chi connectivity index (χ3v) is 6.18. The molecule has 0 N–H and O–H groups in total. The van der Waals surface area contributed by atoms with Crippen LogP contribution in [0.3, 0.4) is 0 Å². The minimum atomic E-state index is 0.391. The van der Waals surface area contributed by atoms with Crippen LogP contribution < -0.4 is 0 Å². The summed E-state index contributed by atoms with van der Waals surface area (Å²) >= 11 is 0. The van der Waals surface area contributed by atoms with E-state index >= 15 is 0 Å². The summed E-state index contributed by atoms with van der Waals surface area (Å²) in [6.07, 6.45) is 10.5. The van der Waals surface area contributed by atoms with Crippen molar-refractivity contribution in [2.45, 2.75) is 58.9 Å². The van der Waals surface area contributed by atoms with E-state index in [-0.39, 0.29) is 0 Å². The van der Waals surface area contributed by atoms with E-state index in [1.807, 2.05) is 18.5 Å². The lowest BCUT2D eigenvalue weighted by Gasteiger charge is -2.34. The molecule has 26 heavy (non-hydrogen) atoms. The fraction of sp³-hybridized carbons (Fsp3) is 0.727. The average molecular weight is 358 g/mol. The first-order valence-corrected chi connectivity index (χ1v) is 10.5. The van der Waals surface area contributed by atoms with Gasteiger partial charge in [-0.1, -0.05) is 26.3 Å². The molecule has 0 aliphatic carbocycles. The van der Waals surface area contributed by atoms with Gasteiger partial charge in [-0.2, -0.15) is 0 Å². The number of piperidine rings is 1. The molecule has 0 bridgehead atoms. The number of carbonyl (C=O) groups excluding carboxylic acids is 1. The highest BCUT2D eigenvalue weighted by atomic mass is 16.2. The number of pyridine rings is 1. The predicted octanol–water partition coefficient (Wildman–Crippen LogP) is 3.97. The topological polar surface area (TPSA) is 36.4 Å². The summed E-state index contributed by atoms with van der Waals surface area (Å²) in [4.78, 5) is 21.3. The van der Waals surface area contributed by atoms with Gasteiger partial charge in [0, 0.05) is 38.4 Å². The van der Waals surface area contributed by atoms with Gasteiger partial charge in [0.2, 0.25) is 5.91 Å². The minimum Gasteiger partial charge on any atom is -0.342 e. The van der Waals surface area contributed by atoms with Crippen LogP contribution in [0.5, 0.6) is 0 Å². The van der Waals surface area contributed by atoms with Crippen LogP contribution in [-0.2, 0) is 11.3 Å². The van der Waals surface area contributed by atoms with Crippen molar-refractivity contribution in [3.63, 3.8) is 0 Å². The number of hydrogen-bond acceptors (Lipinski definition) is 3.